The van der Waals surface area contributed by atoms with Crippen molar-refractivity contribution in [2.75, 3.05) is 0 Å². The minimum atomic E-state index is -7.98. The highest BCUT2D eigenvalue weighted by Crippen LogP contribution is 2.56. The lowest BCUT2D eigenvalue weighted by atomic mass is 10.2. The van der Waals surface area contributed by atoms with Gasteiger partial charge in [0.25, 0.3) is 0 Å². The van der Waals surface area contributed by atoms with E-state index in [1.807, 2.05) is 0 Å². The lowest BCUT2D eigenvalue weighted by molar-refractivity contribution is -0.547. The molecular formula is C12H4F17N3O2S. The van der Waals surface area contributed by atoms with Crippen LogP contribution in [0.15, 0.2) is 16.6 Å². The summed E-state index contributed by atoms with van der Waals surface area (Å²) in [5.74, 6) is -25.3. The van der Waals surface area contributed by atoms with Crippen LogP contribution in [0.2, 0.25) is 0 Å². The summed E-state index contributed by atoms with van der Waals surface area (Å²) in [5, 5.41) is -0.127. The van der Waals surface area contributed by atoms with E-state index < -0.39 is 59.3 Å². The van der Waals surface area contributed by atoms with Gasteiger partial charge in [0.2, 0.25) is 5.13 Å². The fraction of sp³-hybridized carbons (Fsp3) is 0.667. The maximum Gasteiger partial charge on any atom is 0.462 e. The second kappa shape index (κ2) is 8.74. The van der Waals surface area contributed by atoms with Crippen LogP contribution in [0.5, 0.6) is 0 Å². The Hall–Kier alpha value is -2.17. The molecule has 0 amide bonds. The molecule has 1 aromatic rings. The predicted octanol–water partition coefficient (Wildman–Crippen LogP) is 6.00. The van der Waals surface area contributed by atoms with E-state index in [0.29, 0.717) is 0 Å². The molecule has 0 aliphatic rings. The standard InChI is InChI=1S/C12H4F17N3O2S/c13-5(8(17,18)19,3(30)32-4-31-1-2-35-4)33-12(28,29)7(16,10(23,24)25)34-11(26,27)6(14,15)9(20,21)22/h1-2H,(H2,30,31,32)/t5-,7-/m1/s1. The first-order valence-electron chi connectivity index (χ1n) is 7.52. The Morgan fingerprint density at radius 1 is 0.714 bits per heavy atom. The van der Waals surface area contributed by atoms with E-state index in [9.17, 15) is 74.6 Å². The minimum absolute atomic E-state index is 0.195. The zero-order valence-electron chi connectivity index (χ0n) is 15.3. The van der Waals surface area contributed by atoms with Gasteiger partial charge in [-0.2, -0.15) is 79.6 Å². The highest BCUT2D eigenvalue weighted by molar-refractivity contribution is 7.13. The lowest BCUT2D eigenvalue weighted by Gasteiger charge is -2.40. The van der Waals surface area contributed by atoms with E-state index in [0.717, 1.165) is 11.6 Å². The largest absolute Gasteiger partial charge is 0.462 e. The topological polar surface area (TPSA) is 69.7 Å². The van der Waals surface area contributed by atoms with Crippen LogP contribution in [0.4, 0.5) is 79.8 Å². The number of amidine groups is 1. The number of aromatic nitrogens is 1. The van der Waals surface area contributed by atoms with Crippen LogP contribution < -0.4 is 5.73 Å². The predicted molar refractivity (Wildman–Crippen MR) is 76.3 cm³/mol. The zero-order valence-corrected chi connectivity index (χ0v) is 16.1. The van der Waals surface area contributed by atoms with Crippen LogP contribution in [0.1, 0.15) is 0 Å². The minimum Gasteiger partial charge on any atom is -0.382 e. The van der Waals surface area contributed by atoms with Crippen LogP contribution in [-0.4, -0.2) is 59.2 Å². The van der Waals surface area contributed by atoms with Crippen molar-refractivity contribution in [3.63, 3.8) is 0 Å². The number of hydrogen-bond acceptors (Lipinski definition) is 5. The van der Waals surface area contributed by atoms with E-state index >= 15 is 0 Å². The van der Waals surface area contributed by atoms with Gasteiger partial charge in [0.15, 0.2) is 5.84 Å². The summed E-state index contributed by atoms with van der Waals surface area (Å²) in [6.45, 7) is 0. The summed E-state index contributed by atoms with van der Waals surface area (Å²) in [6.07, 6.45) is -37.5. The van der Waals surface area contributed by atoms with E-state index in [2.05, 4.69) is 20.4 Å². The number of hydrogen-bond donors (Lipinski definition) is 1. The first kappa shape index (κ1) is 30.9. The Morgan fingerprint density at radius 2 is 1.20 bits per heavy atom. The third kappa shape index (κ3) is 5.49. The van der Waals surface area contributed by atoms with Crippen molar-refractivity contribution in [3.8, 4) is 0 Å². The summed E-state index contributed by atoms with van der Waals surface area (Å²) in [7, 11) is 0. The van der Waals surface area contributed by atoms with Crippen molar-refractivity contribution in [2.45, 2.75) is 48.4 Å². The summed E-state index contributed by atoms with van der Waals surface area (Å²) in [6, 6.07) is 0. The third-order valence-electron chi connectivity index (χ3n) is 3.33. The van der Waals surface area contributed by atoms with Crippen LogP contribution in [0.25, 0.3) is 0 Å². The number of aliphatic imine (C=N–C) groups is 1. The van der Waals surface area contributed by atoms with Gasteiger partial charge in [0.05, 0.1) is 0 Å². The first-order chi connectivity index (χ1) is 15.2. The molecule has 0 saturated carbocycles. The molecule has 2 N–H and O–H groups in total. The number of halogens is 17. The van der Waals surface area contributed by atoms with Crippen molar-refractivity contribution in [1.29, 1.82) is 0 Å². The van der Waals surface area contributed by atoms with Crippen LogP contribution in [0.3, 0.4) is 0 Å². The lowest BCUT2D eigenvalue weighted by Crippen LogP contribution is -2.68. The molecule has 2 atom stereocenters. The molecule has 1 aromatic heterocycles. The highest BCUT2D eigenvalue weighted by atomic mass is 32.1. The summed E-state index contributed by atoms with van der Waals surface area (Å²) in [4.78, 5) is 5.46. The van der Waals surface area contributed by atoms with Crippen molar-refractivity contribution in [3.05, 3.63) is 11.6 Å². The molecule has 0 unspecified atom stereocenters. The molecule has 0 bridgehead atoms. The van der Waals surface area contributed by atoms with Crippen molar-refractivity contribution in [1.82, 2.24) is 4.98 Å². The fourth-order valence-electron chi connectivity index (χ4n) is 1.63. The van der Waals surface area contributed by atoms with Gasteiger partial charge in [-0.1, -0.05) is 0 Å². The van der Waals surface area contributed by atoms with Crippen LogP contribution in [0, 0.1) is 0 Å². The average molecular weight is 577 g/mol. The number of alkyl halides is 17. The summed E-state index contributed by atoms with van der Waals surface area (Å²) >= 11 is 0.195. The van der Waals surface area contributed by atoms with Crippen molar-refractivity contribution < 1.29 is 84.1 Å². The second-order valence-electron chi connectivity index (χ2n) is 5.81. The van der Waals surface area contributed by atoms with E-state index in [1.54, 1.807) is 0 Å². The Bertz CT molecular complexity index is 909. The smallest absolute Gasteiger partial charge is 0.382 e. The molecule has 5 nitrogen and oxygen atoms in total. The van der Waals surface area contributed by atoms with Gasteiger partial charge >= 0.3 is 48.4 Å². The number of nitrogens with zero attached hydrogens (tertiary/aromatic N) is 2. The van der Waals surface area contributed by atoms with E-state index in [1.165, 1.54) is 4.74 Å². The van der Waals surface area contributed by atoms with Gasteiger partial charge in [0.1, 0.15) is 0 Å². The van der Waals surface area contributed by atoms with Crippen molar-refractivity contribution in [2.24, 2.45) is 10.7 Å². The van der Waals surface area contributed by atoms with Gasteiger partial charge in [0, 0.05) is 11.6 Å². The Morgan fingerprint density at radius 3 is 1.54 bits per heavy atom. The quantitative estimate of drug-likeness (QED) is 0.234. The van der Waals surface area contributed by atoms with Gasteiger partial charge in [-0.05, 0) is 0 Å². The average Bonchev–Trinajstić information content (AvgIpc) is 3.10. The monoisotopic (exact) mass is 577 g/mol. The van der Waals surface area contributed by atoms with Crippen LogP contribution >= 0.6 is 11.3 Å². The molecule has 0 saturated heterocycles. The van der Waals surface area contributed by atoms with E-state index in [4.69, 9.17) is 0 Å². The first-order valence-corrected chi connectivity index (χ1v) is 8.40. The van der Waals surface area contributed by atoms with E-state index in [-0.39, 0.29) is 11.3 Å². The van der Waals surface area contributed by atoms with Gasteiger partial charge in [-0.15, -0.1) is 11.3 Å². The maximum atomic E-state index is 14.3. The fourth-order valence-corrected chi connectivity index (χ4v) is 2.15. The SMILES string of the molecule is NC(=Nc1nccs1)[C@@](F)(OC(F)(F)[C@](F)(OC(F)(F)C(F)(F)C(F)(F)F)C(F)(F)F)C(F)(F)F. The molecule has 0 spiro atoms. The highest BCUT2D eigenvalue weighted by Gasteiger charge is 2.85. The third-order valence-corrected chi connectivity index (χ3v) is 3.99. The Balaban J connectivity index is 3.68. The molecule has 0 aromatic carbocycles. The van der Waals surface area contributed by atoms with Crippen LogP contribution in [-0.2, 0) is 9.47 Å². The molecule has 1 heterocycles. The maximum absolute atomic E-state index is 14.3. The summed E-state index contributed by atoms with van der Waals surface area (Å²) in [5.41, 5.74) is 4.44. The molecule has 0 aliphatic carbocycles. The molecule has 1 rings (SSSR count). The molecule has 0 aliphatic heterocycles. The molecule has 23 heteroatoms. The molecule has 0 fully saturated rings. The Labute approximate surface area is 183 Å². The number of nitrogens with two attached hydrogens (primary N) is 1. The Kier molecular flexibility index (Phi) is 7.71. The zero-order chi connectivity index (χ0) is 28.1. The molecular weight excluding hydrogens is 573 g/mol. The van der Waals surface area contributed by atoms with Gasteiger partial charge in [-0.25, -0.2) is 4.98 Å². The van der Waals surface area contributed by atoms with Gasteiger partial charge < -0.3 is 5.73 Å². The molecule has 204 valence electrons. The van der Waals surface area contributed by atoms with Crippen molar-refractivity contribution >= 4 is 22.3 Å². The van der Waals surface area contributed by atoms with Gasteiger partial charge in [-0.3, -0.25) is 9.47 Å². The number of ether oxygens (including phenoxy) is 2. The number of thiazole rings is 1. The summed E-state index contributed by atoms with van der Waals surface area (Å²) < 4.78 is 225. The molecule has 0 radical (unpaired) electrons. The second-order valence-corrected chi connectivity index (χ2v) is 6.68. The normalized spacial score (nSPS) is 18.8. The number of rotatable bonds is 8. The molecule has 35 heavy (non-hydrogen) atoms.